The molecule has 3 aromatic rings. The average molecular weight is 449 g/mol. The Hall–Kier alpha value is -3.48. The predicted molar refractivity (Wildman–Crippen MR) is 126 cm³/mol. The number of carbonyl (C=O) groups excluding carboxylic acids is 2. The van der Waals surface area contributed by atoms with Crippen LogP contribution in [-0.2, 0) is 21.4 Å². The van der Waals surface area contributed by atoms with Gasteiger partial charge in [-0.15, -0.1) is 0 Å². The minimum absolute atomic E-state index is 0.0475. The molecule has 0 spiro atoms. The van der Waals surface area contributed by atoms with E-state index < -0.39 is 0 Å². The van der Waals surface area contributed by atoms with Crippen molar-refractivity contribution in [2.24, 2.45) is 0 Å². The summed E-state index contributed by atoms with van der Waals surface area (Å²) in [6.07, 6.45) is 0.913. The second kappa shape index (κ2) is 8.81. The lowest BCUT2D eigenvalue weighted by atomic mass is 9.90. The molecule has 1 aliphatic heterocycles. The lowest BCUT2D eigenvalue weighted by Crippen LogP contribution is -2.40. The quantitative estimate of drug-likeness (QED) is 0.624. The van der Waals surface area contributed by atoms with E-state index in [0.29, 0.717) is 18.1 Å². The van der Waals surface area contributed by atoms with Gasteiger partial charge in [-0.2, -0.15) is 5.10 Å². The molecule has 1 atom stereocenters. The average Bonchev–Trinajstić information content (AvgIpc) is 3.18. The first-order valence-corrected chi connectivity index (χ1v) is 11.1. The van der Waals surface area contributed by atoms with E-state index in [1.54, 1.807) is 21.7 Å². The monoisotopic (exact) mass is 448 g/mol. The van der Waals surface area contributed by atoms with E-state index in [9.17, 15) is 14.0 Å². The number of halogens is 1. The van der Waals surface area contributed by atoms with Crippen molar-refractivity contribution in [2.75, 3.05) is 11.9 Å². The Bertz CT molecular complexity index is 1180. The summed E-state index contributed by atoms with van der Waals surface area (Å²) in [5.41, 5.74) is 3.39. The fourth-order valence-electron chi connectivity index (χ4n) is 4.23. The maximum absolute atomic E-state index is 13.5. The number of nitrogens with one attached hydrogen (secondary N) is 1. The molecule has 0 aliphatic carbocycles. The predicted octanol–water partition coefficient (Wildman–Crippen LogP) is 4.78. The van der Waals surface area contributed by atoms with Crippen molar-refractivity contribution in [1.82, 2.24) is 14.7 Å². The molecule has 7 heteroatoms. The van der Waals surface area contributed by atoms with Crippen molar-refractivity contribution in [3.63, 3.8) is 0 Å². The summed E-state index contributed by atoms with van der Waals surface area (Å²) < 4.78 is 15.1. The smallest absolute Gasteiger partial charge is 0.227 e. The van der Waals surface area contributed by atoms with Gasteiger partial charge in [-0.1, -0.05) is 45.0 Å². The summed E-state index contributed by atoms with van der Waals surface area (Å²) in [6.45, 7) is 8.25. The van der Waals surface area contributed by atoms with Crippen LogP contribution in [0.3, 0.4) is 0 Å². The van der Waals surface area contributed by atoms with Gasteiger partial charge in [0.1, 0.15) is 11.6 Å². The minimum Gasteiger partial charge on any atom is -0.335 e. The van der Waals surface area contributed by atoms with Crippen molar-refractivity contribution in [3.05, 3.63) is 77.2 Å². The third-order valence-electron chi connectivity index (χ3n) is 6.01. The highest BCUT2D eigenvalue weighted by atomic mass is 19.1. The Labute approximate surface area is 193 Å². The Morgan fingerprint density at radius 1 is 1.12 bits per heavy atom. The molecule has 33 heavy (non-hydrogen) atoms. The molecule has 6 nitrogen and oxygen atoms in total. The van der Waals surface area contributed by atoms with Crippen LogP contribution in [0.25, 0.3) is 5.69 Å². The van der Waals surface area contributed by atoms with E-state index in [1.807, 2.05) is 45.0 Å². The molecule has 2 heterocycles. The molecule has 1 aliphatic rings. The van der Waals surface area contributed by atoms with Crippen LogP contribution in [0.1, 0.15) is 57.0 Å². The van der Waals surface area contributed by atoms with Crippen LogP contribution >= 0.6 is 0 Å². The van der Waals surface area contributed by atoms with Gasteiger partial charge in [-0.3, -0.25) is 9.59 Å². The first-order valence-electron chi connectivity index (χ1n) is 11.1. The van der Waals surface area contributed by atoms with Crippen LogP contribution < -0.4 is 5.32 Å². The van der Waals surface area contributed by atoms with Crippen molar-refractivity contribution >= 4 is 17.6 Å². The fourth-order valence-corrected chi connectivity index (χ4v) is 4.23. The largest absolute Gasteiger partial charge is 0.335 e. The van der Waals surface area contributed by atoms with Gasteiger partial charge in [0, 0.05) is 24.9 Å². The molecule has 0 saturated heterocycles. The molecular weight excluding hydrogens is 419 g/mol. The Balaban J connectivity index is 1.63. The molecule has 172 valence electrons. The van der Waals surface area contributed by atoms with E-state index >= 15 is 0 Å². The molecule has 0 radical (unpaired) electrons. The lowest BCUT2D eigenvalue weighted by Gasteiger charge is -2.36. The highest BCUT2D eigenvalue weighted by Crippen LogP contribution is 2.33. The zero-order valence-corrected chi connectivity index (χ0v) is 19.4. The number of hydrogen-bond donors (Lipinski definition) is 1. The molecule has 0 bridgehead atoms. The van der Waals surface area contributed by atoms with Crippen molar-refractivity contribution in [2.45, 2.75) is 52.0 Å². The van der Waals surface area contributed by atoms with Gasteiger partial charge in [0.2, 0.25) is 11.8 Å². The molecule has 0 fully saturated rings. The van der Waals surface area contributed by atoms with Gasteiger partial charge in [-0.05, 0) is 41.8 Å². The topological polar surface area (TPSA) is 67.2 Å². The van der Waals surface area contributed by atoms with E-state index in [-0.39, 0.29) is 35.5 Å². The van der Waals surface area contributed by atoms with E-state index in [1.165, 1.54) is 24.6 Å². The third kappa shape index (κ3) is 4.82. The number of anilines is 1. The second-order valence-electron chi connectivity index (χ2n) is 9.48. The van der Waals surface area contributed by atoms with Crippen LogP contribution in [0, 0.1) is 5.82 Å². The Morgan fingerprint density at radius 2 is 1.82 bits per heavy atom. The highest BCUT2D eigenvalue weighted by Gasteiger charge is 2.31. The number of benzene rings is 2. The molecule has 4 rings (SSSR count). The van der Waals surface area contributed by atoms with Crippen LogP contribution in [0.5, 0.6) is 0 Å². The van der Waals surface area contributed by atoms with Gasteiger partial charge in [0.15, 0.2) is 0 Å². The van der Waals surface area contributed by atoms with Gasteiger partial charge in [0.25, 0.3) is 0 Å². The summed E-state index contributed by atoms with van der Waals surface area (Å²) in [5.74, 6) is -0.0943. The molecule has 1 N–H and O–H groups in total. The second-order valence-corrected chi connectivity index (χ2v) is 9.48. The zero-order chi connectivity index (χ0) is 23.8. The first kappa shape index (κ1) is 22.7. The zero-order valence-electron chi connectivity index (χ0n) is 19.4. The maximum Gasteiger partial charge on any atom is 0.227 e. The number of fused-ring (bicyclic) bond motifs is 1. The molecule has 1 aromatic heterocycles. The van der Waals surface area contributed by atoms with Crippen molar-refractivity contribution in [1.29, 1.82) is 0 Å². The maximum atomic E-state index is 13.5. The normalized spacial score (nSPS) is 15.8. The van der Waals surface area contributed by atoms with Crippen molar-refractivity contribution in [3.8, 4) is 5.69 Å². The van der Waals surface area contributed by atoms with Crippen LogP contribution in [0.2, 0.25) is 0 Å². The number of nitrogens with zero attached hydrogens (tertiary/aromatic N) is 3. The summed E-state index contributed by atoms with van der Waals surface area (Å²) in [6, 6.07) is 15.5. The summed E-state index contributed by atoms with van der Waals surface area (Å²) in [5, 5.41) is 7.66. The van der Waals surface area contributed by atoms with Gasteiger partial charge >= 0.3 is 0 Å². The number of rotatable bonds is 4. The van der Waals surface area contributed by atoms with Gasteiger partial charge < -0.3 is 10.2 Å². The number of hydrogen-bond acceptors (Lipinski definition) is 3. The summed E-state index contributed by atoms with van der Waals surface area (Å²) in [7, 11) is 0. The van der Waals surface area contributed by atoms with Crippen LogP contribution in [-0.4, -0.2) is 33.0 Å². The van der Waals surface area contributed by atoms with E-state index in [4.69, 9.17) is 0 Å². The third-order valence-corrected chi connectivity index (χ3v) is 6.01. The molecular formula is C26H29FN4O2. The van der Waals surface area contributed by atoms with Gasteiger partial charge in [-0.25, -0.2) is 9.07 Å². The molecule has 2 aromatic carbocycles. The van der Waals surface area contributed by atoms with E-state index in [2.05, 4.69) is 16.5 Å². The number of aromatic nitrogens is 2. The standard InChI is InChI=1S/C26H29FN4O2/c1-17(32)30-14-13-18-7-5-6-8-21(18)22(30)15-25(33)28-24-16-23(26(2,3)4)29-31(24)20-11-9-19(27)10-12-20/h5-12,16,22H,13-15H2,1-4H3,(H,28,33). The first-order chi connectivity index (χ1) is 15.6. The SMILES string of the molecule is CC(=O)N1CCc2ccccc2C1CC(=O)Nc1cc(C(C)(C)C)nn1-c1ccc(F)cc1. The fraction of sp³-hybridized carbons (Fsp3) is 0.346. The summed E-state index contributed by atoms with van der Waals surface area (Å²) in [4.78, 5) is 27.3. The van der Waals surface area contributed by atoms with Crippen molar-refractivity contribution < 1.29 is 14.0 Å². The van der Waals surface area contributed by atoms with E-state index in [0.717, 1.165) is 17.7 Å². The number of carbonyl (C=O) groups is 2. The van der Waals surface area contributed by atoms with Gasteiger partial charge in [0.05, 0.1) is 23.8 Å². The lowest BCUT2D eigenvalue weighted by molar-refractivity contribution is -0.132. The molecule has 1 unspecified atom stereocenters. The number of amides is 2. The highest BCUT2D eigenvalue weighted by molar-refractivity contribution is 5.91. The molecule has 2 amide bonds. The minimum atomic E-state index is -0.340. The molecule has 0 saturated carbocycles. The Kier molecular flexibility index (Phi) is 6.06. The van der Waals surface area contributed by atoms with Crippen LogP contribution in [0.4, 0.5) is 10.2 Å². The Morgan fingerprint density at radius 3 is 2.48 bits per heavy atom. The summed E-state index contributed by atoms with van der Waals surface area (Å²) >= 11 is 0. The van der Waals surface area contributed by atoms with Crippen LogP contribution in [0.15, 0.2) is 54.6 Å².